The van der Waals surface area contributed by atoms with E-state index in [1.165, 1.54) is 16.6 Å². The Morgan fingerprint density at radius 3 is 2.97 bits per heavy atom. The molecule has 0 aliphatic rings. The van der Waals surface area contributed by atoms with E-state index in [1.54, 1.807) is 17.5 Å². The number of carbonyl (C=O) groups is 1. The van der Waals surface area contributed by atoms with Gasteiger partial charge < -0.3 is 15.0 Å². The lowest BCUT2D eigenvalue weighted by molar-refractivity contribution is -0.117. The molecule has 1 aromatic carbocycles. The fourth-order valence-electron chi connectivity index (χ4n) is 2.84. The van der Waals surface area contributed by atoms with E-state index < -0.39 is 0 Å². The van der Waals surface area contributed by atoms with Gasteiger partial charge in [-0.1, -0.05) is 43.8 Å². The van der Waals surface area contributed by atoms with Crippen molar-refractivity contribution in [2.24, 2.45) is 0 Å². The molecule has 3 aromatic rings. The minimum Gasteiger partial charge on any atom is -0.492 e. The van der Waals surface area contributed by atoms with Crippen LogP contribution in [0.2, 0.25) is 0 Å². The van der Waals surface area contributed by atoms with Crippen molar-refractivity contribution >= 4 is 40.0 Å². The minimum absolute atomic E-state index is 0.0588. The number of fused-ring (bicyclic) bond motifs is 1. The van der Waals surface area contributed by atoms with E-state index in [0.29, 0.717) is 12.4 Å². The first-order valence-corrected chi connectivity index (χ1v) is 12.0. The summed E-state index contributed by atoms with van der Waals surface area (Å²) in [5.41, 5.74) is 1.89. The Morgan fingerprint density at radius 2 is 2.17 bits per heavy atom. The molecule has 0 bridgehead atoms. The van der Waals surface area contributed by atoms with Crippen molar-refractivity contribution in [3.05, 3.63) is 52.9 Å². The quantitative estimate of drug-likeness (QED) is 0.314. The van der Waals surface area contributed by atoms with Crippen LogP contribution in [0.4, 0.5) is 0 Å². The average Bonchev–Trinajstić information content (AvgIpc) is 3.39. The largest absolute Gasteiger partial charge is 0.492 e. The first kappa shape index (κ1) is 22.4. The number of benzene rings is 1. The number of aromatic nitrogens is 2. The van der Waals surface area contributed by atoms with Gasteiger partial charge in [-0.25, -0.2) is 4.98 Å². The summed E-state index contributed by atoms with van der Waals surface area (Å²) in [4.78, 5) is 23.3. The molecule has 8 heteroatoms. The Bertz CT molecular complexity index is 930. The lowest BCUT2D eigenvalue weighted by Crippen LogP contribution is -2.21. The second-order valence-electron chi connectivity index (χ2n) is 6.66. The molecule has 2 heterocycles. The zero-order valence-corrected chi connectivity index (χ0v) is 19.0. The van der Waals surface area contributed by atoms with Crippen molar-refractivity contribution < 1.29 is 9.53 Å². The number of para-hydroxylation sites is 2. The van der Waals surface area contributed by atoms with Crippen LogP contribution in [-0.4, -0.2) is 46.2 Å². The molecule has 0 saturated heterocycles. The number of ether oxygens (including phenoxy) is 1. The van der Waals surface area contributed by atoms with Gasteiger partial charge in [-0.15, -0.1) is 11.3 Å². The van der Waals surface area contributed by atoms with Crippen molar-refractivity contribution in [2.45, 2.75) is 32.0 Å². The summed E-state index contributed by atoms with van der Waals surface area (Å²) >= 11 is 3.12. The maximum atomic E-state index is 12.0. The fraction of sp³-hybridized carbons (Fsp3) is 0.364. The van der Waals surface area contributed by atoms with E-state index in [2.05, 4.69) is 45.5 Å². The van der Waals surface area contributed by atoms with Crippen molar-refractivity contribution in [1.29, 1.82) is 0 Å². The van der Waals surface area contributed by atoms with E-state index in [1.807, 2.05) is 30.3 Å². The van der Waals surface area contributed by atoms with Crippen LogP contribution < -0.4 is 10.1 Å². The molecule has 30 heavy (non-hydrogen) atoms. The molecule has 1 amide bonds. The van der Waals surface area contributed by atoms with E-state index in [0.717, 1.165) is 48.0 Å². The lowest BCUT2D eigenvalue weighted by atomic mass is 10.3. The number of thiophene rings is 1. The normalized spacial score (nSPS) is 11.6. The van der Waals surface area contributed by atoms with Crippen LogP contribution in [0.3, 0.4) is 0 Å². The maximum Gasteiger partial charge on any atom is 0.234 e. The van der Waals surface area contributed by atoms with Gasteiger partial charge in [0.1, 0.15) is 5.75 Å². The molecule has 6 nitrogen and oxygen atoms in total. The van der Waals surface area contributed by atoms with Crippen molar-refractivity contribution in [3.8, 4) is 5.75 Å². The standard InChI is InChI=1S/C22H28N4O2S2/c1-3-26(4-2)14-18-13-17(15-29-18)28-12-8-7-11-23-21(27)16-30-22-24-19-9-5-6-10-20(19)25-22/h5-7,9-11,13,15H,3-4,8,12,14,16H2,1-2H3,(H,23,27)(H,24,25)/b11-7-. The molecule has 0 radical (unpaired) electrons. The molecule has 2 aromatic heterocycles. The third-order valence-electron chi connectivity index (χ3n) is 4.53. The molecule has 0 atom stereocenters. The Kier molecular flexibility index (Phi) is 8.80. The maximum absolute atomic E-state index is 12.0. The molecule has 2 N–H and O–H groups in total. The first-order chi connectivity index (χ1) is 14.7. The third-order valence-corrected chi connectivity index (χ3v) is 6.30. The first-order valence-electron chi connectivity index (χ1n) is 10.1. The SMILES string of the molecule is CCN(CC)Cc1cc(OCC/C=C\NC(=O)CSc2nc3ccccc3[nH]2)cs1. The highest BCUT2D eigenvalue weighted by Gasteiger charge is 2.06. The number of hydrogen-bond donors (Lipinski definition) is 2. The van der Waals surface area contributed by atoms with Crippen molar-refractivity contribution in [1.82, 2.24) is 20.2 Å². The number of rotatable bonds is 12. The monoisotopic (exact) mass is 444 g/mol. The molecule has 3 rings (SSSR count). The van der Waals surface area contributed by atoms with Crippen LogP contribution in [0.5, 0.6) is 5.75 Å². The number of nitrogens with zero attached hydrogens (tertiary/aromatic N) is 2. The second-order valence-corrected chi connectivity index (χ2v) is 8.62. The van der Waals surface area contributed by atoms with Crippen LogP contribution in [0.25, 0.3) is 11.0 Å². The highest BCUT2D eigenvalue weighted by molar-refractivity contribution is 7.99. The molecule has 0 unspecified atom stereocenters. The molecule has 0 fully saturated rings. The number of thioether (sulfide) groups is 1. The molecule has 0 aliphatic heterocycles. The molecular weight excluding hydrogens is 416 g/mol. The zero-order valence-electron chi connectivity index (χ0n) is 17.4. The number of imidazole rings is 1. The average molecular weight is 445 g/mol. The summed E-state index contributed by atoms with van der Waals surface area (Å²) in [7, 11) is 0. The van der Waals surface area contributed by atoms with Crippen molar-refractivity contribution in [3.63, 3.8) is 0 Å². The second kappa shape index (κ2) is 11.8. The van der Waals surface area contributed by atoms with Gasteiger partial charge >= 0.3 is 0 Å². The number of amides is 1. The highest BCUT2D eigenvalue weighted by atomic mass is 32.2. The highest BCUT2D eigenvalue weighted by Crippen LogP contribution is 2.23. The Morgan fingerprint density at radius 1 is 1.33 bits per heavy atom. The lowest BCUT2D eigenvalue weighted by Gasteiger charge is -2.16. The van der Waals surface area contributed by atoms with E-state index >= 15 is 0 Å². The molecule has 160 valence electrons. The van der Waals surface area contributed by atoms with Gasteiger partial charge in [-0.05, 0) is 37.5 Å². The number of nitrogens with one attached hydrogen (secondary N) is 2. The number of carbonyl (C=O) groups excluding carboxylic acids is 1. The Labute approximate surface area is 185 Å². The number of hydrogen-bond acceptors (Lipinski definition) is 6. The zero-order chi connectivity index (χ0) is 21.2. The number of H-pyrrole nitrogens is 1. The smallest absolute Gasteiger partial charge is 0.234 e. The van der Waals surface area contributed by atoms with Gasteiger partial charge in [0.05, 0.1) is 23.4 Å². The van der Waals surface area contributed by atoms with Crippen LogP contribution in [0.15, 0.2) is 53.1 Å². The molecule has 0 saturated carbocycles. The summed E-state index contributed by atoms with van der Waals surface area (Å²) in [6, 6.07) is 9.94. The topological polar surface area (TPSA) is 70.2 Å². The summed E-state index contributed by atoms with van der Waals surface area (Å²) in [6.45, 7) is 8.02. The number of aromatic amines is 1. The summed E-state index contributed by atoms with van der Waals surface area (Å²) in [6.07, 6.45) is 4.33. The van der Waals surface area contributed by atoms with Crippen LogP contribution in [0, 0.1) is 0 Å². The van der Waals surface area contributed by atoms with Crippen molar-refractivity contribution in [2.75, 3.05) is 25.4 Å². The van der Waals surface area contributed by atoms with E-state index in [4.69, 9.17) is 4.74 Å². The Hall–Kier alpha value is -2.29. The van der Waals surface area contributed by atoms with Crippen LogP contribution >= 0.6 is 23.1 Å². The van der Waals surface area contributed by atoms with Crippen LogP contribution in [-0.2, 0) is 11.3 Å². The molecule has 0 aliphatic carbocycles. The molecular formula is C22H28N4O2S2. The minimum atomic E-state index is -0.0588. The van der Waals surface area contributed by atoms with Gasteiger partial charge in [0.15, 0.2) is 5.16 Å². The fourth-order valence-corrected chi connectivity index (χ4v) is 4.38. The van der Waals surface area contributed by atoms with E-state index in [-0.39, 0.29) is 5.91 Å². The predicted molar refractivity (Wildman–Crippen MR) is 125 cm³/mol. The van der Waals surface area contributed by atoms with Crippen LogP contribution in [0.1, 0.15) is 25.1 Å². The predicted octanol–water partition coefficient (Wildman–Crippen LogP) is 4.66. The van der Waals surface area contributed by atoms with E-state index in [9.17, 15) is 4.79 Å². The van der Waals surface area contributed by atoms with Gasteiger partial charge in [0.25, 0.3) is 0 Å². The van der Waals surface area contributed by atoms with Gasteiger partial charge in [-0.3, -0.25) is 9.69 Å². The summed E-state index contributed by atoms with van der Waals surface area (Å²) < 4.78 is 5.79. The summed E-state index contributed by atoms with van der Waals surface area (Å²) in [5.74, 6) is 1.17. The van der Waals surface area contributed by atoms with Gasteiger partial charge in [0.2, 0.25) is 5.91 Å². The third kappa shape index (κ3) is 6.90. The molecule has 0 spiro atoms. The summed E-state index contributed by atoms with van der Waals surface area (Å²) in [5, 5.41) is 5.59. The van der Waals surface area contributed by atoms with Gasteiger partial charge in [0, 0.05) is 23.2 Å². The Balaban J connectivity index is 1.30. The van der Waals surface area contributed by atoms with Gasteiger partial charge in [-0.2, -0.15) is 0 Å².